The highest BCUT2D eigenvalue weighted by Gasteiger charge is 2.35. The number of esters is 1. The summed E-state index contributed by atoms with van der Waals surface area (Å²) in [6.07, 6.45) is 4.86. The Morgan fingerprint density at radius 1 is 1.33 bits per heavy atom. The Balaban J connectivity index is 1.85. The predicted octanol–water partition coefficient (Wildman–Crippen LogP) is 1.09. The number of nitrogens with zero attached hydrogens (tertiary/aromatic N) is 2. The molecule has 2 heterocycles. The van der Waals surface area contributed by atoms with Crippen molar-refractivity contribution >= 4 is 5.97 Å². The molecule has 2 aliphatic rings. The van der Waals surface area contributed by atoms with Gasteiger partial charge in [0.25, 0.3) is 0 Å². The minimum Gasteiger partial charge on any atom is -0.468 e. The minimum absolute atomic E-state index is 0.152. The van der Waals surface area contributed by atoms with Crippen LogP contribution in [0.2, 0.25) is 0 Å². The fraction of sp³-hybridized carbons (Fsp3) is 0.938. The number of rotatable bonds is 6. The van der Waals surface area contributed by atoms with Crippen LogP contribution in [0, 0.1) is 0 Å². The quantitative estimate of drug-likeness (QED) is 0.744. The van der Waals surface area contributed by atoms with Crippen molar-refractivity contribution in [2.45, 2.75) is 51.1 Å². The molecule has 0 amide bonds. The van der Waals surface area contributed by atoms with E-state index in [-0.39, 0.29) is 5.97 Å². The molecule has 2 saturated heterocycles. The fourth-order valence-electron chi connectivity index (χ4n) is 3.68. The van der Waals surface area contributed by atoms with E-state index >= 15 is 0 Å². The molecule has 5 heteroatoms. The van der Waals surface area contributed by atoms with Crippen molar-refractivity contribution in [3.05, 3.63) is 0 Å². The van der Waals surface area contributed by atoms with Gasteiger partial charge in [0, 0.05) is 32.2 Å². The molecule has 2 fully saturated rings. The molecule has 2 aliphatic heterocycles. The second kappa shape index (κ2) is 7.56. The number of nitrogens with one attached hydrogen (secondary N) is 1. The van der Waals surface area contributed by atoms with Crippen LogP contribution < -0.4 is 5.32 Å². The predicted molar refractivity (Wildman–Crippen MR) is 84.4 cm³/mol. The summed E-state index contributed by atoms with van der Waals surface area (Å²) in [6, 6.07) is 0.732. The molecule has 0 bridgehead atoms. The van der Waals surface area contributed by atoms with Gasteiger partial charge in [0.2, 0.25) is 0 Å². The normalized spacial score (nSPS) is 26.9. The van der Waals surface area contributed by atoms with Gasteiger partial charge in [-0.3, -0.25) is 9.69 Å². The van der Waals surface area contributed by atoms with Crippen molar-refractivity contribution in [3.8, 4) is 0 Å². The standard InChI is InChI=1S/C16H31N3O2/c1-4-17-16(2,15(20)21-3)8-10-18-11-12-19-9-6-5-7-14(19)13-18/h14,17H,4-13H2,1-3H3. The first kappa shape index (κ1) is 16.7. The van der Waals surface area contributed by atoms with Crippen LogP contribution in [-0.2, 0) is 9.53 Å². The van der Waals surface area contributed by atoms with Crippen LogP contribution >= 0.6 is 0 Å². The van der Waals surface area contributed by atoms with Crippen molar-refractivity contribution in [3.63, 3.8) is 0 Å². The Kier molecular flexibility index (Phi) is 6.02. The highest BCUT2D eigenvalue weighted by molar-refractivity contribution is 5.80. The van der Waals surface area contributed by atoms with Gasteiger partial charge in [-0.25, -0.2) is 0 Å². The molecule has 122 valence electrons. The van der Waals surface area contributed by atoms with Crippen LogP contribution in [0.15, 0.2) is 0 Å². The van der Waals surface area contributed by atoms with Gasteiger partial charge in [-0.2, -0.15) is 0 Å². The minimum atomic E-state index is -0.562. The van der Waals surface area contributed by atoms with Crippen molar-refractivity contribution in [1.82, 2.24) is 15.1 Å². The zero-order chi connectivity index (χ0) is 15.3. The Morgan fingerprint density at radius 3 is 2.86 bits per heavy atom. The third-order valence-electron chi connectivity index (χ3n) is 5.05. The first-order chi connectivity index (χ1) is 10.1. The van der Waals surface area contributed by atoms with Gasteiger partial charge in [0.05, 0.1) is 7.11 Å². The Labute approximate surface area is 129 Å². The Morgan fingerprint density at radius 2 is 2.14 bits per heavy atom. The van der Waals surface area contributed by atoms with Crippen molar-refractivity contribution < 1.29 is 9.53 Å². The van der Waals surface area contributed by atoms with E-state index in [1.54, 1.807) is 0 Å². The summed E-state index contributed by atoms with van der Waals surface area (Å²) >= 11 is 0. The maximum atomic E-state index is 12.0. The molecule has 0 saturated carbocycles. The van der Waals surface area contributed by atoms with Gasteiger partial charge in [0.15, 0.2) is 0 Å². The van der Waals surface area contributed by atoms with E-state index in [1.165, 1.54) is 39.5 Å². The molecule has 0 aromatic heterocycles. The first-order valence-corrected chi connectivity index (χ1v) is 8.39. The van der Waals surface area contributed by atoms with Crippen molar-refractivity contribution in [1.29, 1.82) is 0 Å². The highest BCUT2D eigenvalue weighted by atomic mass is 16.5. The molecule has 0 aliphatic carbocycles. The summed E-state index contributed by atoms with van der Waals surface area (Å²) in [7, 11) is 1.47. The monoisotopic (exact) mass is 297 g/mol. The second-order valence-corrected chi connectivity index (χ2v) is 6.59. The maximum Gasteiger partial charge on any atom is 0.325 e. The summed E-state index contributed by atoms with van der Waals surface area (Å²) in [6.45, 7) is 10.5. The Bertz CT molecular complexity index is 350. The molecular formula is C16H31N3O2. The molecule has 2 atom stereocenters. The zero-order valence-corrected chi connectivity index (χ0v) is 13.9. The van der Waals surface area contributed by atoms with Crippen molar-refractivity contribution in [2.24, 2.45) is 0 Å². The van der Waals surface area contributed by atoms with Gasteiger partial charge >= 0.3 is 5.97 Å². The van der Waals surface area contributed by atoms with Gasteiger partial charge in [-0.1, -0.05) is 13.3 Å². The van der Waals surface area contributed by atoms with E-state index in [2.05, 4.69) is 15.1 Å². The topological polar surface area (TPSA) is 44.8 Å². The number of hydrogen-bond acceptors (Lipinski definition) is 5. The molecule has 0 aromatic rings. The molecular weight excluding hydrogens is 266 g/mol. The van der Waals surface area contributed by atoms with E-state index in [0.717, 1.165) is 38.6 Å². The summed E-state index contributed by atoms with van der Waals surface area (Å²) in [4.78, 5) is 17.2. The van der Waals surface area contributed by atoms with Crippen LogP contribution in [-0.4, -0.2) is 73.7 Å². The molecule has 21 heavy (non-hydrogen) atoms. The molecule has 5 nitrogen and oxygen atoms in total. The number of hydrogen-bond donors (Lipinski definition) is 1. The van der Waals surface area contributed by atoms with Crippen LogP contribution in [0.3, 0.4) is 0 Å². The lowest BCUT2D eigenvalue weighted by Gasteiger charge is -2.44. The first-order valence-electron chi connectivity index (χ1n) is 8.39. The SMILES string of the molecule is CCNC(C)(CCN1CCN2CCCCC2C1)C(=O)OC. The summed E-state index contributed by atoms with van der Waals surface area (Å²) in [5.41, 5.74) is -0.562. The fourth-order valence-corrected chi connectivity index (χ4v) is 3.68. The molecule has 2 unspecified atom stereocenters. The molecule has 0 spiro atoms. The number of methoxy groups -OCH3 is 1. The van der Waals surface area contributed by atoms with E-state index in [0.29, 0.717) is 0 Å². The average Bonchev–Trinajstić information content (AvgIpc) is 2.52. The summed E-state index contributed by atoms with van der Waals surface area (Å²) in [5.74, 6) is -0.152. The van der Waals surface area contributed by atoms with Crippen molar-refractivity contribution in [2.75, 3.05) is 46.4 Å². The number of piperazine rings is 1. The average molecular weight is 297 g/mol. The van der Waals surface area contributed by atoms with Crippen LogP contribution in [0.1, 0.15) is 39.5 Å². The van der Waals surface area contributed by atoms with Gasteiger partial charge < -0.3 is 15.0 Å². The second-order valence-electron chi connectivity index (χ2n) is 6.59. The number of fused-ring (bicyclic) bond motifs is 1. The number of piperidine rings is 1. The zero-order valence-electron chi connectivity index (χ0n) is 13.9. The number of carbonyl (C=O) groups is 1. The molecule has 0 aromatic carbocycles. The van der Waals surface area contributed by atoms with Gasteiger partial charge in [-0.05, 0) is 39.3 Å². The van der Waals surface area contributed by atoms with Gasteiger partial charge in [-0.15, -0.1) is 0 Å². The largest absolute Gasteiger partial charge is 0.468 e. The van der Waals surface area contributed by atoms with Crippen LogP contribution in [0.4, 0.5) is 0 Å². The lowest BCUT2D eigenvalue weighted by Crippen LogP contribution is -2.57. The summed E-state index contributed by atoms with van der Waals surface area (Å²) < 4.78 is 4.97. The lowest BCUT2D eigenvalue weighted by atomic mass is 9.95. The van der Waals surface area contributed by atoms with Gasteiger partial charge in [0.1, 0.15) is 5.54 Å². The van der Waals surface area contributed by atoms with E-state index < -0.39 is 5.54 Å². The number of ether oxygens (including phenoxy) is 1. The molecule has 0 radical (unpaired) electrons. The third kappa shape index (κ3) is 4.18. The summed E-state index contributed by atoms with van der Waals surface area (Å²) in [5, 5.41) is 3.29. The maximum absolute atomic E-state index is 12.0. The van der Waals surface area contributed by atoms with E-state index in [9.17, 15) is 4.79 Å². The van der Waals surface area contributed by atoms with Crippen LogP contribution in [0.5, 0.6) is 0 Å². The molecule has 2 rings (SSSR count). The number of carbonyl (C=O) groups excluding carboxylic acids is 1. The number of likely N-dealkylation sites (N-methyl/N-ethyl adjacent to an activating group) is 1. The van der Waals surface area contributed by atoms with E-state index in [4.69, 9.17) is 4.74 Å². The smallest absolute Gasteiger partial charge is 0.325 e. The third-order valence-corrected chi connectivity index (χ3v) is 5.05. The van der Waals surface area contributed by atoms with E-state index in [1.807, 2.05) is 13.8 Å². The lowest BCUT2D eigenvalue weighted by molar-refractivity contribution is -0.148. The van der Waals surface area contributed by atoms with Crippen LogP contribution in [0.25, 0.3) is 0 Å². The molecule has 1 N–H and O–H groups in total. The Hall–Kier alpha value is -0.650. The highest BCUT2D eigenvalue weighted by Crippen LogP contribution is 2.22.